The summed E-state index contributed by atoms with van der Waals surface area (Å²) in [6, 6.07) is 0. The zero-order valence-electron chi connectivity index (χ0n) is 19.7. The Morgan fingerprint density at radius 3 is 2.47 bits per heavy atom. The van der Waals surface area contributed by atoms with Crippen LogP contribution in [-0.4, -0.2) is 45.2 Å². The minimum Gasteiger partial charge on any atom is -0.477 e. The number of hydrogen-bond acceptors (Lipinski definition) is 5. The fourth-order valence-electron chi connectivity index (χ4n) is 4.77. The van der Waals surface area contributed by atoms with E-state index in [4.69, 9.17) is 10.5 Å². The van der Waals surface area contributed by atoms with Crippen LogP contribution in [0.5, 0.6) is 5.88 Å². The normalized spacial score (nSPS) is 24.8. The second kappa shape index (κ2) is 8.60. The highest BCUT2D eigenvalue weighted by Gasteiger charge is 2.58. The molecule has 3 amide bonds. The van der Waals surface area contributed by atoms with Gasteiger partial charge in [-0.05, 0) is 57.9 Å². The van der Waals surface area contributed by atoms with Gasteiger partial charge in [0.15, 0.2) is 0 Å². The Morgan fingerprint density at radius 1 is 1.28 bits per heavy atom. The third kappa shape index (κ3) is 4.97. The summed E-state index contributed by atoms with van der Waals surface area (Å²) in [5.74, 6) is -0.0810. The maximum absolute atomic E-state index is 13.2. The number of nitrogens with one attached hydrogen (secondary N) is 2. The number of amides is 3. The summed E-state index contributed by atoms with van der Waals surface area (Å²) in [5, 5.41) is 10.3. The second-order valence-corrected chi connectivity index (χ2v) is 10.3. The van der Waals surface area contributed by atoms with Crippen LogP contribution in [0, 0.1) is 11.3 Å². The predicted molar refractivity (Wildman–Crippen MR) is 121 cm³/mol. The van der Waals surface area contributed by atoms with Crippen LogP contribution in [0.1, 0.15) is 77.1 Å². The van der Waals surface area contributed by atoms with Gasteiger partial charge in [-0.15, -0.1) is 0 Å². The third-order valence-electron chi connectivity index (χ3n) is 6.42. The van der Waals surface area contributed by atoms with Crippen molar-refractivity contribution < 1.29 is 19.1 Å². The molecule has 9 heteroatoms. The highest BCUT2D eigenvalue weighted by atomic mass is 16.5. The number of carbonyl (C=O) groups excluding carboxylic acids is 3. The van der Waals surface area contributed by atoms with Crippen LogP contribution in [0.25, 0.3) is 6.20 Å². The van der Waals surface area contributed by atoms with Crippen molar-refractivity contribution in [1.29, 1.82) is 0 Å². The smallest absolute Gasteiger partial charge is 0.258 e. The molecule has 0 saturated heterocycles. The third-order valence-corrected chi connectivity index (χ3v) is 6.42. The zero-order chi connectivity index (χ0) is 23.7. The predicted octanol–water partition coefficient (Wildman–Crippen LogP) is 2.22. The maximum atomic E-state index is 13.2. The molecule has 176 valence electrons. The fraction of sp³-hybridized carbons (Fsp3) is 0.652. The minimum absolute atomic E-state index is 0.143. The average Bonchev–Trinajstić information content (AvgIpc) is 3.35. The SMILES string of the molecule is CC(=O)NC(C)(C)C=Cn1ncc(C(=O)NC23CCC(C(N)=O)(CC2)C3)c1OCC(C)C. The van der Waals surface area contributed by atoms with E-state index >= 15 is 0 Å². The van der Waals surface area contributed by atoms with Gasteiger partial charge in [0.2, 0.25) is 17.7 Å². The number of nitrogens with zero attached hydrogens (tertiary/aromatic N) is 2. The molecular weight excluding hydrogens is 410 g/mol. The van der Waals surface area contributed by atoms with E-state index in [1.807, 2.05) is 27.7 Å². The summed E-state index contributed by atoms with van der Waals surface area (Å²) in [4.78, 5) is 36.6. The highest BCUT2D eigenvalue weighted by molar-refractivity contribution is 5.97. The number of fused-ring (bicyclic) bond motifs is 2. The van der Waals surface area contributed by atoms with Crippen LogP contribution < -0.4 is 21.1 Å². The number of primary amides is 1. The molecule has 9 nitrogen and oxygen atoms in total. The van der Waals surface area contributed by atoms with Gasteiger partial charge in [-0.25, -0.2) is 4.68 Å². The van der Waals surface area contributed by atoms with Gasteiger partial charge in [0.1, 0.15) is 5.56 Å². The summed E-state index contributed by atoms with van der Waals surface area (Å²) >= 11 is 0. The van der Waals surface area contributed by atoms with E-state index in [9.17, 15) is 14.4 Å². The number of nitrogens with two attached hydrogens (primary N) is 1. The Labute approximate surface area is 189 Å². The topological polar surface area (TPSA) is 128 Å². The van der Waals surface area contributed by atoms with E-state index in [0.29, 0.717) is 37.3 Å². The van der Waals surface area contributed by atoms with E-state index < -0.39 is 16.5 Å². The summed E-state index contributed by atoms with van der Waals surface area (Å²) in [6.45, 7) is 9.65. The largest absolute Gasteiger partial charge is 0.477 e. The van der Waals surface area contributed by atoms with Crippen molar-refractivity contribution in [2.45, 2.75) is 77.8 Å². The highest BCUT2D eigenvalue weighted by Crippen LogP contribution is 2.56. The monoisotopic (exact) mass is 445 g/mol. The van der Waals surface area contributed by atoms with E-state index in [0.717, 1.165) is 12.8 Å². The lowest BCUT2D eigenvalue weighted by atomic mass is 9.83. The van der Waals surface area contributed by atoms with E-state index in [1.54, 1.807) is 12.3 Å². The molecule has 0 aliphatic heterocycles. The van der Waals surface area contributed by atoms with Gasteiger partial charge in [-0.3, -0.25) is 14.4 Å². The molecule has 3 rings (SSSR count). The van der Waals surface area contributed by atoms with Crippen molar-refractivity contribution in [3.05, 3.63) is 17.8 Å². The summed E-state index contributed by atoms with van der Waals surface area (Å²) < 4.78 is 7.47. The number of ether oxygens (including phenoxy) is 1. The lowest BCUT2D eigenvalue weighted by Crippen LogP contribution is -2.45. The second-order valence-electron chi connectivity index (χ2n) is 10.3. The molecule has 1 heterocycles. The minimum atomic E-state index is -0.597. The van der Waals surface area contributed by atoms with E-state index in [2.05, 4.69) is 15.7 Å². The van der Waals surface area contributed by atoms with Crippen molar-refractivity contribution in [2.24, 2.45) is 17.1 Å². The molecular formula is C23H35N5O4. The lowest BCUT2D eigenvalue weighted by Gasteiger charge is -2.28. The van der Waals surface area contributed by atoms with Gasteiger partial charge in [0, 0.05) is 18.7 Å². The van der Waals surface area contributed by atoms with Crippen LogP contribution in [-0.2, 0) is 9.59 Å². The summed E-state index contributed by atoms with van der Waals surface area (Å²) in [6.07, 6.45) is 8.44. The Hall–Kier alpha value is -2.84. The maximum Gasteiger partial charge on any atom is 0.258 e. The van der Waals surface area contributed by atoms with Crippen molar-refractivity contribution in [3.63, 3.8) is 0 Å². The van der Waals surface area contributed by atoms with Gasteiger partial charge in [0.25, 0.3) is 5.91 Å². The summed E-state index contributed by atoms with van der Waals surface area (Å²) in [7, 11) is 0. The van der Waals surface area contributed by atoms with Crippen molar-refractivity contribution in [2.75, 3.05) is 6.61 Å². The molecule has 32 heavy (non-hydrogen) atoms. The molecule has 2 aliphatic carbocycles. The molecule has 0 unspecified atom stereocenters. The molecule has 2 saturated carbocycles. The molecule has 4 N–H and O–H groups in total. The zero-order valence-corrected chi connectivity index (χ0v) is 19.7. The number of carbonyl (C=O) groups is 3. The molecule has 1 aromatic heterocycles. The van der Waals surface area contributed by atoms with Crippen LogP contribution in [0.15, 0.2) is 12.3 Å². The Morgan fingerprint density at radius 2 is 1.94 bits per heavy atom. The first-order valence-corrected chi connectivity index (χ1v) is 11.2. The van der Waals surface area contributed by atoms with Crippen molar-refractivity contribution >= 4 is 23.9 Å². The van der Waals surface area contributed by atoms with Crippen molar-refractivity contribution in [3.8, 4) is 5.88 Å². The standard InChI is InChI=1S/C23H35N5O4/c1-15(2)13-32-19-17(12-25-28(19)11-10-21(4,5)26-16(3)29)18(30)27-23-8-6-22(14-23,7-9-23)20(24)31/h10-12,15H,6-9,13-14H2,1-5H3,(H2,24,31)(H,26,29)(H,27,30). The van der Waals surface area contributed by atoms with Gasteiger partial charge < -0.3 is 21.1 Å². The number of aromatic nitrogens is 2. The van der Waals surface area contributed by atoms with E-state index in [1.165, 1.54) is 17.8 Å². The molecule has 0 aromatic carbocycles. The summed E-state index contributed by atoms with van der Waals surface area (Å²) in [5.41, 5.74) is 4.48. The Bertz CT molecular complexity index is 923. The molecule has 0 spiro atoms. The Kier molecular flexibility index (Phi) is 6.40. The van der Waals surface area contributed by atoms with Crippen LogP contribution in [0.3, 0.4) is 0 Å². The molecule has 1 aromatic rings. The van der Waals surface area contributed by atoms with Gasteiger partial charge in [-0.1, -0.05) is 13.8 Å². The number of rotatable bonds is 9. The van der Waals surface area contributed by atoms with Crippen molar-refractivity contribution in [1.82, 2.24) is 20.4 Å². The van der Waals surface area contributed by atoms with Crippen LogP contribution in [0.4, 0.5) is 0 Å². The van der Waals surface area contributed by atoms with Gasteiger partial charge in [-0.2, -0.15) is 5.10 Å². The van der Waals surface area contributed by atoms with Crippen LogP contribution >= 0.6 is 0 Å². The van der Waals surface area contributed by atoms with Gasteiger partial charge in [0.05, 0.1) is 23.8 Å². The molecule has 0 atom stereocenters. The fourth-order valence-corrected chi connectivity index (χ4v) is 4.77. The first-order valence-electron chi connectivity index (χ1n) is 11.2. The molecule has 2 bridgehead atoms. The first-order chi connectivity index (χ1) is 14.9. The Balaban J connectivity index is 1.82. The quantitative estimate of drug-likeness (QED) is 0.537. The molecule has 0 radical (unpaired) electrons. The molecule has 2 fully saturated rings. The van der Waals surface area contributed by atoms with Gasteiger partial charge >= 0.3 is 0 Å². The number of hydrogen-bond donors (Lipinski definition) is 3. The average molecular weight is 446 g/mol. The lowest BCUT2D eigenvalue weighted by molar-refractivity contribution is -0.127. The first kappa shape index (κ1) is 23.8. The van der Waals surface area contributed by atoms with Crippen LogP contribution in [0.2, 0.25) is 0 Å². The molecule has 2 aliphatic rings. The van der Waals surface area contributed by atoms with E-state index in [-0.39, 0.29) is 23.6 Å².